The first-order valence-corrected chi connectivity index (χ1v) is 10.5. The third-order valence-electron chi connectivity index (χ3n) is 5.10. The summed E-state index contributed by atoms with van der Waals surface area (Å²) in [5.41, 5.74) is 5.07. The summed E-state index contributed by atoms with van der Waals surface area (Å²) in [5, 5.41) is 14.8. The van der Waals surface area contributed by atoms with Gasteiger partial charge in [0.05, 0.1) is 30.4 Å². The number of ether oxygens (including phenoxy) is 2. The van der Waals surface area contributed by atoms with Gasteiger partial charge in [-0.2, -0.15) is 0 Å². The summed E-state index contributed by atoms with van der Waals surface area (Å²) in [6, 6.07) is 16.6. The number of hydrogen-bond acceptors (Lipinski definition) is 8. The number of non-ortho nitro benzene ring substituents is 1. The van der Waals surface area contributed by atoms with E-state index in [2.05, 4.69) is 20.3 Å². The molecule has 0 saturated carbocycles. The number of nitro groups is 1. The van der Waals surface area contributed by atoms with Crippen LogP contribution < -0.4 is 14.8 Å². The number of aromatic nitrogens is 3. The van der Waals surface area contributed by atoms with Gasteiger partial charge in [-0.3, -0.25) is 15.1 Å². The Kier molecular flexibility index (Phi) is 6.63. The Morgan fingerprint density at radius 2 is 1.74 bits per heavy atom. The molecular formula is C25H23N5O4. The van der Waals surface area contributed by atoms with Crippen molar-refractivity contribution in [3.63, 3.8) is 0 Å². The lowest BCUT2D eigenvalue weighted by molar-refractivity contribution is -0.384. The van der Waals surface area contributed by atoms with Gasteiger partial charge in [-0.1, -0.05) is 24.3 Å². The first-order chi connectivity index (χ1) is 16.5. The van der Waals surface area contributed by atoms with Crippen molar-refractivity contribution in [1.82, 2.24) is 15.0 Å². The third-order valence-corrected chi connectivity index (χ3v) is 5.10. The van der Waals surface area contributed by atoms with Crippen LogP contribution >= 0.6 is 0 Å². The number of fused-ring (bicyclic) bond motifs is 1. The van der Waals surface area contributed by atoms with Crippen LogP contribution in [0.2, 0.25) is 0 Å². The molecule has 0 aliphatic carbocycles. The van der Waals surface area contributed by atoms with E-state index < -0.39 is 4.92 Å². The molecule has 2 heterocycles. The van der Waals surface area contributed by atoms with E-state index in [0.29, 0.717) is 23.1 Å². The number of hydrogen-bond donors (Lipinski definition) is 1. The second-order valence-corrected chi connectivity index (χ2v) is 7.49. The van der Waals surface area contributed by atoms with Crippen molar-refractivity contribution in [2.45, 2.75) is 13.5 Å². The highest BCUT2D eigenvalue weighted by Gasteiger charge is 2.18. The van der Waals surface area contributed by atoms with E-state index in [-0.39, 0.29) is 17.4 Å². The maximum absolute atomic E-state index is 11.5. The molecule has 0 aliphatic heterocycles. The molecular weight excluding hydrogens is 434 g/mol. The zero-order valence-corrected chi connectivity index (χ0v) is 19.0. The van der Waals surface area contributed by atoms with Crippen LogP contribution in [0.5, 0.6) is 11.8 Å². The number of nitrogens with zero attached hydrogens (tertiary/aromatic N) is 4. The molecule has 172 valence electrons. The van der Waals surface area contributed by atoms with E-state index in [1.165, 1.54) is 26.4 Å². The van der Waals surface area contributed by atoms with E-state index in [0.717, 1.165) is 22.6 Å². The topological polar surface area (TPSA) is 112 Å². The molecule has 1 N–H and O–H groups in total. The lowest BCUT2D eigenvalue weighted by atomic mass is 10.1. The van der Waals surface area contributed by atoms with Crippen molar-refractivity contribution in [2.24, 2.45) is 0 Å². The molecule has 9 nitrogen and oxygen atoms in total. The molecule has 0 atom stereocenters. The summed E-state index contributed by atoms with van der Waals surface area (Å²) in [7, 11) is 2.90. The van der Waals surface area contributed by atoms with Gasteiger partial charge in [0.2, 0.25) is 0 Å². The van der Waals surface area contributed by atoms with Crippen molar-refractivity contribution in [1.29, 1.82) is 0 Å². The first-order valence-electron chi connectivity index (χ1n) is 10.5. The average Bonchev–Trinajstić information content (AvgIpc) is 2.85. The minimum absolute atomic E-state index is 0.0758. The number of rotatable bonds is 8. The quantitative estimate of drug-likeness (QED) is 0.289. The van der Waals surface area contributed by atoms with Gasteiger partial charge in [0, 0.05) is 35.6 Å². The number of nitro benzene ring substituents is 1. The summed E-state index contributed by atoms with van der Waals surface area (Å²) >= 11 is 0. The summed E-state index contributed by atoms with van der Waals surface area (Å²) in [6.07, 6.45) is 3.94. The van der Waals surface area contributed by atoms with Crippen LogP contribution in [-0.4, -0.2) is 34.1 Å². The molecule has 2 aromatic heterocycles. The van der Waals surface area contributed by atoms with E-state index >= 15 is 0 Å². The highest BCUT2D eigenvalue weighted by molar-refractivity contribution is 5.82. The van der Waals surface area contributed by atoms with Crippen molar-refractivity contribution in [2.75, 3.05) is 19.5 Å². The van der Waals surface area contributed by atoms with Gasteiger partial charge in [0.1, 0.15) is 5.52 Å². The highest BCUT2D eigenvalue weighted by Crippen LogP contribution is 2.30. The minimum atomic E-state index is -0.452. The first kappa shape index (κ1) is 22.7. The fourth-order valence-corrected chi connectivity index (χ4v) is 3.48. The molecule has 0 spiro atoms. The zero-order valence-electron chi connectivity index (χ0n) is 19.0. The zero-order chi connectivity index (χ0) is 24.1. The second-order valence-electron chi connectivity index (χ2n) is 7.49. The highest BCUT2D eigenvalue weighted by atomic mass is 16.6. The molecule has 0 radical (unpaired) electrons. The third kappa shape index (κ3) is 5.09. The molecule has 9 heteroatoms. The lowest BCUT2D eigenvalue weighted by Gasteiger charge is -2.12. The minimum Gasteiger partial charge on any atom is -0.477 e. The Morgan fingerprint density at radius 3 is 2.47 bits per heavy atom. The fraction of sp³-hybridized carbons (Fsp3) is 0.160. The summed E-state index contributed by atoms with van der Waals surface area (Å²) in [5.74, 6) is 0.374. The second kappa shape index (κ2) is 9.95. The smallest absolute Gasteiger partial charge is 0.278 e. The van der Waals surface area contributed by atoms with Gasteiger partial charge in [0.15, 0.2) is 0 Å². The Bertz CT molecular complexity index is 1390. The molecule has 0 aliphatic rings. The van der Waals surface area contributed by atoms with Crippen LogP contribution in [0.3, 0.4) is 0 Å². The Balaban J connectivity index is 1.61. The molecule has 2 aromatic carbocycles. The Labute approximate surface area is 196 Å². The lowest BCUT2D eigenvalue weighted by Crippen LogP contribution is -2.05. The molecule has 0 unspecified atom stereocenters. The number of aryl methyl sites for hydroxylation is 1. The maximum Gasteiger partial charge on any atom is 0.278 e. The van der Waals surface area contributed by atoms with Gasteiger partial charge >= 0.3 is 0 Å². The van der Waals surface area contributed by atoms with Crippen molar-refractivity contribution in [3.8, 4) is 11.8 Å². The molecule has 4 aromatic rings. The van der Waals surface area contributed by atoms with Crippen LogP contribution in [0.4, 0.5) is 11.4 Å². The summed E-state index contributed by atoms with van der Waals surface area (Å²) in [4.78, 5) is 24.3. The maximum atomic E-state index is 11.5. The van der Waals surface area contributed by atoms with Gasteiger partial charge in [-0.05, 0) is 42.8 Å². The van der Waals surface area contributed by atoms with E-state index in [9.17, 15) is 10.1 Å². The standard InChI is InChI=1S/C25H23N5O4/c1-16-6-4-8-19(27-16)11-10-17-7-5-9-20(12-17)26-15-18-13-21(30(31)32)14-22-23(18)29-25(34-3)24(28-22)33-2/h4-14,26H,15H2,1-3H3. The number of methoxy groups -OCH3 is 2. The molecule has 0 fully saturated rings. The van der Waals surface area contributed by atoms with Crippen molar-refractivity contribution < 1.29 is 14.4 Å². The van der Waals surface area contributed by atoms with Gasteiger partial charge in [0.25, 0.3) is 17.4 Å². The number of nitrogens with one attached hydrogen (secondary N) is 1. The van der Waals surface area contributed by atoms with Gasteiger partial charge < -0.3 is 14.8 Å². The van der Waals surface area contributed by atoms with Gasteiger partial charge in [-0.25, -0.2) is 9.97 Å². The fourth-order valence-electron chi connectivity index (χ4n) is 3.48. The molecule has 0 bridgehead atoms. The van der Waals surface area contributed by atoms with E-state index in [1.54, 1.807) is 0 Å². The number of pyridine rings is 1. The molecule has 0 amide bonds. The number of anilines is 1. The van der Waals surface area contributed by atoms with Crippen LogP contribution in [0, 0.1) is 17.0 Å². The normalized spacial score (nSPS) is 11.0. The Hall–Kier alpha value is -4.53. The van der Waals surface area contributed by atoms with Crippen LogP contribution in [0.15, 0.2) is 54.6 Å². The molecule has 4 rings (SSSR count). The Morgan fingerprint density at radius 1 is 0.971 bits per heavy atom. The monoisotopic (exact) mass is 457 g/mol. The average molecular weight is 457 g/mol. The predicted molar refractivity (Wildman–Crippen MR) is 131 cm³/mol. The van der Waals surface area contributed by atoms with Gasteiger partial charge in [-0.15, -0.1) is 0 Å². The summed E-state index contributed by atoms with van der Waals surface area (Å²) in [6.45, 7) is 2.25. The predicted octanol–water partition coefficient (Wildman–Crippen LogP) is 5.04. The SMILES string of the molecule is COc1nc2cc([N+](=O)[O-])cc(CNc3cccc(C=Cc4cccc(C)n4)c3)c2nc1OC. The molecule has 0 saturated heterocycles. The van der Waals surface area contributed by atoms with Crippen LogP contribution in [0.1, 0.15) is 22.5 Å². The van der Waals surface area contributed by atoms with Crippen molar-refractivity contribution >= 4 is 34.6 Å². The number of benzene rings is 2. The van der Waals surface area contributed by atoms with E-state index in [4.69, 9.17) is 9.47 Å². The van der Waals surface area contributed by atoms with Crippen molar-refractivity contribution in [3.05, 3.63) is 87.2 Å². The van der Waals surface area contributed by atoms with Crippen LogP contribution in [0.25, 0.3) is 23.2 Å². The van der Waals surface area contributed by atoms with Crippen LogP contribution in [-0.2, 0) is 6.54 Å². The molecule has 34 heavy (non-hydrogen) atoms. The van der Waals surface area contributed by atoms with E-state index in [1.807, 2.05) is 61.5 Å². The largest absolute Gasteiger partial charge is 0.477 e. The summed E-state index contributed by atoms with van der Waals surface area (Å²) < 4.78 is 10.5.